The van der Waals surface area contributed by atoms with E-state index in [0.717, 1.165) is 0 Å². The molecule has 2 heteroatoms. The van der Waals surface area contributed by atoms with Crippen molar-refractivity contribution in [1.82, 2.24) is 4.90 Å². The number of thiophene rings is 1. The second-order valence-corrected chi connectivity index (χ2v) is 6.23. The van der Waals surface area contributed by atoms with Gasteiger partial charge in [-0.3, -0.25) is 0 Å². The van der Waals surface area contributed by atoms with Gasteiger partial charge in [-0.15, -0.1) is 11.3 Å². The molecular formula is C17H21NS. The van der Waals surface area contributed by atoms with Crippen LogP contribution in [0, 0.1) is 0 Å². The van der Waals surface area contributed by atoms with E-state index in [1.54, 1.807) is 0 Å². The fraction of sp³-hybridized carbons (Fsp3) is 0.412. The SMILES string of the molecule is c1csc(-c2ccccc2CCCN2CCCC2)c1. The van der Waals surface area contributed by atoms with E-state index in [1.807, 2.05) is 11.3 Å². The van der Waals surface area contributed by atoms with Crippen molar-refractivity contribution in [2.24, 2.45) is 0 Å². The van der Waals surface area contributed by atoms with E-state index in [4.69, 9.17) is 0 Å². The quantitative estimate of drug-likeness (QED) is 0.777. The van der Waals surface area contributed by atoms with Crippen molar-refractivity contribution in [3.63, 3.8) is 0 Å². The van der Waals surface area contributed by atoms with Gasteiger partial charge in [-0.1, -0.05) is 30.3 Å². The smallest absolute Gasteiger partial charge is 0.0345 e. The van der Waals surface area contributed by atoms with Crippen LogP contribution in [0.2, 0.25) is 0 Å². The van der Waals surface area contributed by atoms with Crippen molar-refractivity contribution >= 4 is 11.3 Å². The van der Waals surface area contributed by atoms with E-state index in [9.17, 15) is 0 Å². The number of rotatable bonds is 5. The second-order valence-electron chi connectivity index (χ2n) is 5.29. The molecule has 1 fully saturated rings. The van der Waals surface area contributed by atoms with Gasteiger partial charge in [0.05, 0.1) is 0 Å². The third-order valence-electron chi connectivity index (χ3n) is 3.92. The molecule has 1 aromatic heterocycles. The fourth-order valence-corrected chi connectivity index (χ4v) is 3.70. The van der Waals surface area contributed by atoms with Crippen LogP contribution in [-0.4, -0.2) is 24.5 Å². The molecule has 2 heterocycles. The van der Waals surface area contributed by atoms with Crippen LogP contribution in [0.15, 0.2) is 41.8 Å². The highest BCUT2D eigenvalue weighted by molar-refractivity contribution is 7.13. The van der Waals surface area contributed by atoms with Crippen molar-refractivity contribution in [3.05, 3.63) is 47.3 Å². The van der Waals surface area contributed by atoms with Gasteiger partial charge in [0.1, 0.15) is 0 Å². The first kappa shape index (κ1) is 12.9. The number of benzene rings is 1. The Hall–Kier alpha value is -1.12. The summed E-state index contributed by atoms with van der Waals surface area (Å²) >= 11 is 1.84. The average molecular weight is 271 g/mol. The van der Waals surface area contributed by atoms with Crippen LogP contribution in [0.5, 0.6) is 0 Å². The van der Waals surface area contributed by atoms with Crippen LogP contribution in [0.3, 0.4) is 0 Å². The molecular weight excluding hydrogens is 250 g/mol. The van der Waals surface area contributed by atoms with E-state index < -0.39 is 0 Å². The van der Waals surface area contributed by atoms with Crippen molar-refractivity contribution in [3.8, 4) is 10.4 Å². The van der Waals surface area contributed by atoms with Crippen molar-refractivity contribution in [2.75, 3.05) is 19.6 Å². The van der Waals surface area contributed by atoms with Gasteiger partial charge >= 0.3 is 0 Å². The van der Waals surface area contributed by atoms with E-state index in [0.29, 0.717) is 0 Å². The molecule has 0 bridgehead atoms. The lowest BCUT2D eigenvalue weighted by atomic mass is 10.0. The van der Waals surface area contributed by atoms with Crippen molar-refractivity contribution < 1.29 is 0 Å². The summed E-state index contributed by atoms with van der Waals surface area (Å²) in [5, 5.41) is 2.16. The van der Waals surface area contributed by atoms with Crippen LogP contribution >= 0.6 is 11.3 Å². The lowest BCUT2D eigenvalue weighted by Crippen LogP contribution is -2.20. The summed E-state index contributed by atoms with van der Waals surface area (Å²) in [5.74, 6) is 0. The summed E-state index contributed by atoms with van der Waals surface area (Å²) in [6, 6.07) is 13.2. The maximum atomic E-state index is 2.60. The zero-order chi connectivity index (χ0) is 12.9. The van der Waals surface area contributed by atoms with Gasteiger partial charge in [0, 0.05) is 4.88 Å². The highest BCUT2D eigenvalue weighted by atomic mass is 32.1. The molecule has 2 aromatic rings. The zero-order valence-corrected chi connectivity index (χ0v) is 12.2. The summed E-state index contributed by atoms with van der Waals surface area (Å²) < 4.78 is 0. The van der Waals surface area contributed by atoms with Gasteiger partial charge in [-0.05, 0) is 67.9 Å². The maximum absolute atomic E-state index is 2.60. The predicted octanol–water partition coefficient (Wildman–Crippen LogP) is 4.44. The molecule has 0 unspecified atom stereocenters. The van der Waals surface area contributed by atoms with Crippen molar-refractivity contribution in [1.29, 1.82) is 0 Å². The number of nitrogens with zero attached hydrogens (tertiary/aromatic N) is 1. The number of hydrogen-bond acceptors (Lipinski definition) is 2. The van der Waals surface area contributed by atoms with Gasteiger partial charge in [-0.25, -0.2) is 0 Å². The highest BCUT2D eigenvalue weighted by Crippen LogP contribution is 2.28. The van der Waals surface area contributed by atoms with Gasteiger partial charge < -0.3 is 4.90 Å². The van der Waals surface area contributed by atoms with Crippen LogP contribution in [-0.2, 0) is 6.42 Å². The Kier molecular flexibility index (Phi) is 4.31. The first-order valence-corrected chi connectivity index (χ1v) is 8.15. The average Bonchev–Trinajstić information content (AvgIpc) is 3.12. The molecule has 1 aromatic carbocycles. The van der Waals surface area contributed by atoms with Gasteiger partial charge in [0.25, 0.3) is 0 Å². The third kappa shape index (κ3) is 3.26. The highest BCUT2D eigenvalue weighted by Gasteiger charge is 2.11. The number of likely N-dealkylation sites (tertiary alicyclic amines) is 1. The molecule has 0 saturated carbocycles. The number of hydrogen-bond donors (Lipinski definition) is 0. The minimum atomic E-state index is 1.20. The Bertz CT molecular complexity index is 498. The molecule has 1 aliphatic rings. The molecule has 0 amide bonds. The van der Waals surface area contributed by atoms with Crippen LogP contribution in [0.1, 0.15) is 24.8 Å². The second kappa shape index (κ2) is 6.36. The minimum Gasteiger partial charge on any atom is -0.303 e. The summed E-state index contributed by atoms with van der Waals surface area (Å²) in [4.78, 5) is 4.00. The lowest BCUT2D eigenvalue weighted by Gasteiger charge is -2.15. The Morgan fingerprint density at radius 1 is 1.00 bits per heavy atom. The molecule has 19 heavy (non-hydrogen) atoms. The molecule has 1 aliphatic heterocycles. The zero-order valence-electron chi connectivity index (χ0n) is 11.3. The number of aryl methyl sites for hydroxylation is 1. The largest absolute Gasteiger partial charge is 0.303 e. The standard InChI is InChI=1S/C17H21NS/c1-2-9-16(17-10-6-14-19-17)15(7-1)8-5-13-18-11-3-4-12-18/h1-2,6-7,9-10,14H,3-5,8,11-13H2. The Morgan fingerprint density at radius 3 is 2.63 bits per heavy atom. The van der Waals surface area contributed by atoms with E-state index >= 15 is 0 Å². The molecule has 0 radical (unpaired) electrons. The summed E-state index contributed by atoms with van der Waals surface area (Å²) in [5.41, 5.74) is 2.93. The minimum absolute atomic E-state index is 1.20. The van der Waals surface area contributed by atoms with E-state index in [-0.39, 0.29) is 0 Å². The van der Waals surface area contributed by atoms with Crippen LogP contribution in [0.4, 0.5) is 0 Å². The molecule has 0 atom stereocenters. The van der Waals surface area contributed by atoms with Gasteiger partial charge in [-0.2, -0.15) is 0 Å². The first-order chi connectivity index (χ1) is 9.43. The Labute approximate surface area is 119 Å². The first-order valence-electron chi connectivity index (χ1n) is 7.27. The lowest BCUT2D eigenvalue weighted by molar-refractivity contribution is 0.334. The summed E-state index contributed by atoms with van der Waals surface area (Å²) in [7, 11) is 0. The predicted molar refractivity (Wildman–Crippen MR) is 83.8 cm³/mol. The Morgan fingerprint density at radius 2 is 1.84 bits per heavy atom. The summed E-state index contributed by atoms with van der Waals surface area (Å²) in [6.45, 7) is 3.89. The van der Waals surface area contributed by atoms with E-state index in [2.05, 4.69) is 46.7 Å². The fourth-order valence-electron chi connectivity index (χ4n) is 2.91. The molecule has 0 aliphatic carbocycles. The molecule has 3 rings (SSSR count). The van der Waals surface area contributed by atoms with Gasteiger partial charge in [0.15, 0.2) is 0 Å². The maximum Gasteiger partial charge on any atom is 0.0345 e. The molecule has 0 spiro atoms. The van der Waals surface area contributed by atoms with Crippen LogP contribution in [0.25, 0.3) is 10.4 Å². The Balaban J connectivity index is 1.64. The molecule has 100 valence electrons. The normalized spacial score (nSPS) is 16.0. The topological polar surface area (TPSA) is 3.24 Å². The summed E-state index contributed by atoms with van der Waals surface area (Å²) in [6.07, 6.45) is 5.27. The van der Waals surface area contributed by atoms with Gasteiger partial charge in [0.2, 0.25) is 0 Å². The third-order valence-corrected chi connectivity index (χ3v) is 4.83. The monoisotopic (exact) mass is 271 g/mol. The van der Waals surface area contributed by atoms with E-state index in [1.165, 1.54) is 61.3 Å². The molecule has 1 nitrogen and oxygen atoms in total. The van der Waals surface area contributed by atoms with Crippen LogP contribution < -0.4 is 0 Å². The molecule has 0 N–H and O–H groups in total. The van der Waals surface area contributed by atoms with Crippen molar-refractivity contribution in [2.45, 2.75) is 25.7 Å². The molecule has 1 saturated heterocycles.